The minimum atomic E-state index is -5.99. The van der Waals surface area contributed by atoms with Crippen molar-refractivity contribution in [2.45, 2.75) is 83.5 Å². The predicted octanol–water partition coefficient (Wildman–Crippen LogP) is 4.20. The minimum Gasteiger partial charge on any atom is -0.460 e. The lowest BCUT2D eigenvalue weighted by atomic mass is 9.66. The van der Waals surface area contributed by atoms with Crippen LogP contribution in [0.25, 0.3) is 0 Å². The minimum absolute atomic E-state index is 0.112. The Bertz CT molecular complexity index is 893. The van der Waals surface area contributed by atoms with E-state index < -0.39 is 66.5 Å². The molecule has 0 amide bonds. The number of carbonyl (C=O) groups is 3. The molecule has 212 valence electrons. The number of carbonyl (C=O) groups excluding carboxylic acids is 3. The van der Waals surface area contributed by atoms with Gasteiger partial charge in [0.05, 0.1) is 30.5 Å². The zero-order chi connectivity index (χ0) is 28.3. The van der Waals surface area contributed by atoms with Gasteiger partial charge in [-0.15, -0.1) is 0 Å². The normalized spacial score (nSPS) is 33.6. The van der Waals surface area contributed by atoms with Crippen LogP contribution in [0.1, 0.15) is 53.9 Å². The quantitative estimate of drug-likeness (QED) is 0.290. The summed E-state index contributed by atoms with van der Waals surface area (Å²) >= 11 is 0. The molecule has 0 aromatic heterocycles. The first-order valence-corrected chi connectivity index (χ1v) is 12.2. The summed E-state index contributed by atoms with van der Waals surface area (Å²) in [6.07, 6.45) is -14.1. The highest BCUT2D eigenvalue weighted by Gasteiger charge is 2.70. The van der Waals surface area contributed by atoms with Crippen LogP contribution in [-0.4, -0.2) is 59.3 Å². The standard InChI is InChI=1S/C24H32F6O7/c1-10-13-8-12(9-14(13)18(31)37-21(3,4)5)15(10)17-16(19(32)36-20(17)33)11(2)35-7-6-22(34,23(25,26)27)24(28,29)30/h10-17,34H,6-9H2,1-5H3. The van der Waals surface area contributed by atoms with E-state index in [1.165, 1.54) is 6.92 Å². The average molecular weight is 547 g/mol. The van der Waals surface area contributed by atoms with E-state index in [2.05, 4.69) is 0 Å². The number of alkyl halides is 6. The summed E-state index contributed by atoms with van der Waals surface area (Å²) in [4.78, 5) is 37.9. The van der Waals surface area contributed by atoms with E-state index in [9.17, 15) is 45.8 Å². The van der Waals surface area contributed by atoms with Gasteiger partial charge < -0.3 is 19.3 Å². The molecular formula is C24H32F6O7. The molecule has 13 heteroatoms. The molecule has 8 unspecified atom stereocenters. The zero-order valence-electron chi connectivity index (χ0n) is 21.1. The van der Waals surface area contributed by atoms with Gasteiger partial charge in [-0.05, 0) is 64.2 Å². The van der Waals surface area contributed by atoms with Crippen LogP contribution in [0.3, 0.4) is 0 Å². The Hall–Kier alpha value is -1.89. The largest absolute Gasteiger partial charge is 0.460 e. The van der Waals surface area contributed by atoms with Crippen molar-refractivity contribution >= 4 is 17.9 Å². The number of rotatable bonds is 7. The highest BCUT2D eigenvalue weighted by atomic mass is 19.4. The van der Waals surface area contributed by atoms with Crippen LogP contribution in [0.5, 0.6) is 0 Å². The Kier molecular flexibility index (Phi) is 7.77. The van der Waals surface area contributed by atoms with Crippen molar-refractivity contribution in [3.8, 4) is 0 Å². The van der Waals surface area contributed by atoms with Gasteiger partial charge in [0.15, 0.2) is 0 Å². The maximum Gasteiger partial charge on any atom is 0.426 e. The lowest BCUT2D eigenvalue weighted by Gasteiger charge is -2.38. The number of aliphatic hydroxyl groups is 1. The van der Waals surface area contributed by atoms with Gasteiger partial charge in [0.2, 0.25) is 0 Å². The summed E-state index contributed by atoms with van der Waals surface area (Å²) in [6, 6.07) is 0. The molecule has 1 aliphatic heterocycles. The van der Waals surface area contributed by atoms with E-state index in [4.69, 9.17) is 14.2 Å². The van der Waals surface area contributed by atoms with Gasteiger partial charge in [-0.3, -0.25) is 14.4 Å². The topological polar surface area (TPSA) is 99.1 Å². The van der Waals surface area contributed by atoms with E-state index >= 15 is 0 Å². The number of esters is 3. The van der Waals surface area contributed by atoms with Crippen LogP contribution < -0.4 is 0 Å². The van der Waals surface area contributed by atoms with Crippen molar-refractivity contribution in [2.75, 3.05) is 6.61 Å². The van der Waals surface area contributed by atoms with Crippen LogP contribution in [-0.2, 0) is 28.6 Å². The van der Waals surface area contributed by atoms with Gasteiger partial charge in [0, 0.05) is 6.42 Å². The predicted molar refractivity (Wildman–Crippen MR) is 113 cm³/mol. The molecule has 2 aliphatic carbocycles. The van der Waals surface area contributed by atoms with Gasteiger partial charge >= 0.3 is 30.3 Å². The molecule has 3 aliphatic rings. The van der Waals surface area contributed by atoms with E-state index in [0.717, 1.165) is 0 Å². The molecule has 7 nitrogen and oxygen atoms in total. The molecule has 8 atom stereocenters. The van der Waals surface area contributed by atoms with Crippen molar-refractivity contribution < 1.29 is 60.0 Å². The van der Waals surface area contributed by atoms with Crippen LogP contribution in [0.4, 0.5) is 26.3 Å². The summed E-state index contributed by atoms with van der Waals surface area (Å²) in [7, 11) is 0. The van der Waals surface area contributed by atoms with Gasteiger partial charge in [-0.1, -0.05) is 6.92 Å². The molecule has 0 radical (unpaired) electrons. The average Bonchev–Trinajstić information content (AvgIpc) is 3.35. The summed E-state index contributed by atoms with van der Waals surface area (Å²) in [5.74, 6) is -5.61. The van der Waals surface area contributed by atoms with Gasteiger partial charge in [0.25, 0.3) is 5.60 Å². The van der Waals surface area contributed by atoms with Gasteiger partial charge in [-0.25, -0.2) is 0 Å². The summed E-state index contributed by atoms with van der Waals surface area (Å²) in [5, 5.41) is 9.31. The van der Waals surface area contributed by atoms with Crippen LogP contribution in [0.2, 0.25) is 0 Å². The highest BCUT2D eigenvalue weighted by Crippen LogP contribution is 2.60. The summed E-state index contributed by atoms with van der Waals surface area (Å²) in [5.41, 5.74) is -5.66. The molecule has 0 spiro atoms. The number of hydrogen-bond donors (Lipinski definition) is 1. The van der Waals surface area contributed by atoms with Gasteiger partial charge in [-0.2, -0.15) is 26.3 Å². The second kappa shape index (κ2) is 9.69. The molecular weight excluding hydrogens is 514 g/mol. The molecule has 3 fully saturated rings. The fraction of sp³-hybridized carbons (Fsp3) is 0.875. The molecule has 1 N–H and O–H groups in total. The third-order valence-corrected chi connectivity index (χ3v) is 8.02. The lowest BCUT2D eigenvalue weighted by molar-refractivity contribution is -0.372. The number of hydrogen-bond acceptors (Lipinski definition) is 7. The first-order valence-electron chi connectivity index (χ1n) is 12.2. The van der Waals surface area contributed by atoms with Crippen LogP contribution in [0.15, 0.2) is 0 Å². The van der Waals surface area contributed by atoms with Crippen molar-refractivity contribution in [2.24, 2.45) is 41.4 Å². The Morgan fingerprint density at radius 2 is 1.62 bits per heavy atom. The molecule has 2 bridgehead atoms. The third-order valence-electron chi connectivity index (χ3n) is 8.02. The number of ether oxygens (including phenoxy) is 3. The fourth-order valence-electron chi connectivity index (χ4n) is 6.34. The molecule has 0 aromatic carbocycles. The Balaban J connectivity index is 1.71. The summed E-state index contributed by atoms with van der Waals surface area (Å²) < 4.78 is 93.1. The molecule has 37 heavy (non-hydrogen) atoms. The summed E-state index contributed by atoms with van der Waals surface area (Å²) in [6.45, 7) is 7.19. The van der Waals surface area contributed by atoms with Crippen LogP contribution in [0, 0.1) is 41.4 Å². The zero-order valence-corrected chi connectivity index (χ0v) is 21.1. The molecule has 2 saturated carbocycles. The van der Waals surface area contributed by atoms with Crippen molar-refractivity contribution in [3.05, 3.63) is 0 Å². The molecule has 1 saturated heterocycles. The van der Waals surface area contributed by atoms with Crippen molar-refractivity contribution in [1.29, 1.82) is 0 Å². The van der Waals surface area contributed by atoms with Crippen molar-refractivity contribution in [3.63, 3.8) is 0 Å². The Labute approximate surface area is 210 Å². The maximum atomic E-state index is 12.9. The van der Waals surface area contributed by atoms with E-state index in [0.29, 0.717) is 12.8 Å². The second-order valence-electron chi connectivity index (χ2n) is 11.4. The highest BCUT2D eigenvalue weighted by molar-refractivity contribution is 5.97. The van der Waals surface area contributed by atoms with E-state index in [-0.39, 0.29) is 35.6 Å². The van der Waals surface area contributed by atoms with Crippen LogP contribution >= 0.6 is 0 Å². The monoisotopic (exact) mass is 546 g/mol. The number of fused-ring (bicyclic) bond motifs is 2. The third kappa shape index (κ3) is 5.48. The Morgan fingerprint density at radius 3 is 2.11 bits per heavy atom. The molecule has 3 rings (SSSR count). The Morgan fingerprint density at radius 1 is 1.05 bits per heavy atom. The molecule has 1 heterocycles. The van der Waals surface area contributed by atoms with E-state index in [1.54, 1.807) is 20.8 Å². The maximum absolute atomic E-state index is 12.9. The SMILES string of the molecule is CC(OCCC(O)(C(F)(F)F)C(F)(F)F)C1C(=O)OC(=O)C1C1C2CC(C(=O)OC(C)(C)C)C(C2)C1C. The van der Waals surface area contributed by atoms with Crippen molar-refractivity contribution in [1.82, 2.24) is 0 Å². The van der Waals surface area contributed by atoms with Gasteiger partial charge in [0.1, 0.15) is 5.60 Å². The second-order valence-corrected chi connectivity index (χ2v) is 11.4. The van der Waals surface area contributed by atoms with E-state index in [1.807, 2.05) is 6.92 Å². The number of halogens is 6. The first kappa shape index (κ1) is 29.7. The fourth-order valence-corrected chi connectivity index (χ4v) is 6.34. The molecule has 0 aromatic rings. The lowest BCUT2D eigenvalue weighted by Crippen LogP contribution is -2.57. The number of cyclic esters (lactones) is 2. The first-order chi connectivity index (χ1) is 16.7. The smallest absolute Gasteiger partial charge is 0.426 e.